The Balaban J connectivity index is 2.53. The first-order chi connectivity index (χ1) is 7.78. The minimum atomic E-state index is -0.489. The maximum atomic E-state index is 12.8. The molecule has 1 N–H and O–H groups in total. The Kier molecular flexibility index (Phi) is 4.10. The van der Waals surface area contributed by atoms with Gasteiger partial charge in [-0.1, -0.05) is 0 Å². The van der Waals surface area contributed by atoms with Crippen LogP contribution >= 0.6 is 0 Å². The first-order valence-electron chi connectivity index (χ1n) is 5.50. The van der Waals surface area contributed by atoms with Gasteiger partial charge in [0, 0.05) is 5.69 Å². The van der Waals surface area contributed by atoms with Gasteiger partial charge in [-0.2, -0.15) is 0 Å². The van der Waals surface area contributed by atoms with E-state index in [9.17, 15) is 9.18 Å². The summed E-state index contributed by atoms with van der Waals surface area (Å²) in [5, 5.41) is 2.92. The molecule has 0 atom stereocenters. The molecule has 94 valence electrons. The van der Waals surface area contributed by atoms with Gasteiger partial charge in [0.2, 0.25) is 0 Å². The maximum Gasteiger partial charge on any atom is 0.325 e. The Morgan fingerprint density at radius 3 is 2.59 bits per heavy atom. The second kappa shape index (κ2) is 5.17. The highest BCUT2D eigenvalue weighted by molar-refractivity contribution is 5.75. The monoisotopic (exact) mass is 239 g/mol. The lowest BCUT2D eigenvalue weighted by atomic mass is 10.2. The molecule has 1 rings (SSSR count). The number of ether oxygens (including phenoxy) is 1. The molecule has 0 spiro atoms. The predicted molar refractivity (Wildman–Crippen MR) is 65.5 cm³/mol. The molecule has 0 aromatic heterocycles. The summed E-state index contributed by atoms with van der Waals surface area (Å²) in [4.78, 5) is 11.5. The highest BCUT2D eigenvalue weighted by Crippen LogP contribution is 2.15. The summed E-state index contributed by atoms with van der Waals surface area (Å²) < 4.78 is 18.0. The van der Waals surface area contributed by atoms with E-state index in [1.165, 1.54) is 12.1 Å². The number of rotatable bonds is 3. The van der Waals surface area contributed by atoms with Gasteiger partial charge < -0.3 is 10.1 Å². The van der Waals surface area contributed by atoms with Gasteiger partial charge in [0.25, 0.3) is 0 Å². The van der Waals surface area contributed by atoms with E-state index in [1.807, 2.05) is 20.8 Å². The Labute approximate surface area is 101 Å². The summed E-state index contributed by atoms with van der Waals surface area (Å²) in [6.07, 6.45) is 0. The molecule has 1 aromatic rings. The summed E-state index contributed by atoms with van der Waals surface area (Å²) in [7, 11) is 0. The lowest BCUT2D eigenvalue weighted by molar-refractivity contribution is -0.152. The number of hydrogen-bond acceptors (Lipinski definition) is 3. The van der Waals surface area contributed by atoms with E-state index in [4.69, 9.17) is 4.74 Å². The molecule has 17 heavy (non-hydrogen) atoms. The van der Waals surface area contributed by atoms with Crippen LogP contribution in [0, 0.1) is 12.7 Å². The van der Waals surface area contributed by atoms with Crippen LogP contribution in [0.2, 0.25) is 0 Å². The molecule has 0 amide bonds. The van der Waals surface area contributed by atoms with Crippen molar-refractivity contribution in [2.24, 2.45) is 0 Å². The molecular formula is C13H18FNO2. The number of aryl methyl sites for hydroxylation is 1. The number of benzene rings is 1. The average molecular weight is 239 g/mol. The molecule has 0 saturated carbocycles. The summed E-state index contributed by atoms with van der Waals surface area (Å²) in [5.41, 5.74) is 1.00. The van der Waals surface area contributed by atoms with Gasteiger partial charge in [-0.05, 0) is 51.5 Å². The van der Waals surface area contributed by atoms with Crippen LogP contribution in [-0.2, 0) is 9.53 Å². The molecule has 0 aliphatic rings. The molecule has 3 nitrogen and oxygen atoms in total. The number of hydrogen-bond donors (Lipinski definition) is 1. The molecule has 0 saturated heterocycles. The van der Waals surface area contributed by atoms with Crippen molar-refractivity contribution < 1.29 is 13.9 Å². The Hall–Kier alpha value is -1.58. The van der Waals surface area contributed by atoms with Crippen molar-refractivity contribution in [3.63, 3.8) is 0 Å². The zero-order valence-electron chi connectivity index (χ0n) is 10.6. The second-order valence-electron chi connectivity index (χ2n) is 4.90. The molecule has 0 radical (unpaired) electrons. The zero-order valence-corrected chi connectivity index (χ0v) is 10.6. The fourth-order valence-electron chi connectivity index (χ4n) is 1.37. The molecule has 0 aliphatic heterocycles. The fourth-order valence-corrected chi connectivity index (χ4v) is 1.37. The van der Waals surface area contributed by atoms with Crippen LogP contribution in [0.5, 0.6) is 0 Å². The second-order valence-corrected chi connectivity index (χ2v) is 4.90. The molecular weight excluding hydrogens is 221 g/mol. The number of nitrogens with one attached hydrogen (secondary N) is 1. The number of carbonyl (C=O) groups excluding carboxylic acids is 1. The van der Waals surface area contributed by atoms with E-state index in [1.54, 1.807) is 13.0 Å². The van der Waals surface area contributed by atoms with Crippen molar-refractivity contribution >= 4 is 11.7 Å². The Bertz CT molecular complexity index is 410. The number of carbonyl (C=O) groups is 1. The minimum Gasteiger partial charge on any atom is -0.459 e. The molecule has 0 aliphatic carbocycles. The van der Waals surface area contributed by atoms with Crippen LogP contribution < -0.4 is 5.32 Å². The molecule has 0 heterocycles. The molecule has 0 fully saturated rings. The Morgan fingerprint density at radius 1 is 1.41 bits per heavy atom. The van der Waals surface area contributed by atoms with Crippen LogP contribution in [-0.4, -0.2) is 18.1 Å². The van der Waals surface area contributed by atoms with Gasteiger partial charge in [0.05, 0.1) is 0 Å². The maximum absolute atomic E-state index is 12.8. The lowest BCUT2D eigenvalue weighted by Gasteiger charge is -2.20. The van der Waals surface area contributed by atoms with Gasteiger partial charge >= 0.3 is 5.97 Å². The smallest absolute Gasteiger partial charge is 0.325 e. The van der Waals surface area contributed by atoms with Crippen molar-refractivity contribution in [1.82, 2.24) is 0 Å². The molecule has 0 unspecified atom stereocenters. The van der Waals surface area contributed by atoms with Crippen LogP contribution in [0.4, 0.5) is 10.1 Å². The van der Waals surface area contributed by atoms with Crippen molar-refractivity contribution in [2.45, 2.75) is 33.3 Å². The van der Waals surface area contributed by atoms with E-state index >= 15 is 0 Å². The molecule has 0 bridgehead atoms. The number of esters is 1. The highest BCUT2D eigenvalue weighted by Gasteiger charge is 2.15. The van der Waals surface area contributed by atoms with Crippen molar-refractivity contribution in [3.05, 3.63) is 29.6 Å². The average Bonchev–Trinajstić information content (AvgIpc) is 2.13. The van der Waals surface area contributed by atoms with E-state index < -0.39 is 5.60 Å². The molecule has 1 aromatic carbocycles. The van der Waals surface area contributed by atoms with Crippen LogP contribution in [0.3, 0.4) is 0 Å². The third-order valence-corrected chi connectivity index (χ3v) is 2.03. The predicted octanol–water partition coefficient (Wildman–Crippen LogP) is 2.89. The standard InChI is InChI=1S/C13H18FNO2/c1-9-7-10(14)5-6-11(9)15-8-12(16)17-13(2,3)4/h5-7,15H,8H2,1-4H3. The van der Waals surface area contributed by atoms with Crippen LogP contribution in [0.15, 0.2) is 18.2 Å². The molecule has 4 heteroatoms. The van der Waals surface area contributed by atoms with Crippen LogP contribution in [0.1, 0.15) is 26.3 Å². The van der Waals surface area contributed by atoms with Gasteiger partial charge in [-0.25, -0.2) is 4.39 Å². The fraction of sp³-hybridized carbons (Fsp3) is 0.462. The largest absolute Gasteiger partial charge is 0.459 e. The van der Waals surface area contributed by atoms with Crippen LogP contribution in [0.25, 0.3) is 0 Å². The third-order valence-electron chi connectivity index (χ3n) is 2.03. The summed E-state index contributed by atoms with van der Waals surface area (Å²) >= 11 is 0. The van der Waals surface area contributed by atoms with Gasteiger partial charge in [-0.3, -0.25) is 4.79 Å². The number of halogens is 1. The number of anilines is 1. The first kappa shape index (κ1) is 13.5. The highest BCUT2D eigenvalue weighted by atomic mass is 19.1. The normalized spacial score (nSPS) is 11.1. The van der Waals surface area contributed by atoms with Crippen molar-refractivity contribution in [1.29, 1.82) is 0 Å². The van der Waals surface area contributed by atoms with Gasteiger partial charge in [0.15, 0.2) is 0 Å². The summed E-state index contributed by atoms with van der Waals surface area (Å²) in [5.74, 6) is -0.619. The van der Waals surface area contributed by atoms with Gasteiger partial charge in [0.1, 0.15) is 18.0 Å². The van der Waals surface area contributed by atoms with E-state index in [2.05, 4.69) is 5.32 Å². The van der Waals surface area contributed by atoms with Gasteiger partial charge in [-0.15, -0.1) is 0 Å². The summed E-state index contributed by atoms with van der Waals surface area (Å²) in [6.45, 7) is 7.29. The van der Waals surface area contributed by atoms with E-state index in [0.29, 0.717) is 0 Å². The van der Waals surface area contributed by atoms with E-state index in [-0.39, 0.29) is 18.3 Å². The van der Waals surface area contributed by atoms with Crippen molar-refractivity contribution in [2.75, 3.05) is 11.9 Å². The van der Waals surface area contributed by atoms with Crippen molar-refractivity contribution in [3.8, 4) is 0 Å². The lowest BCUT2D eigenvalue weighted by Crippen LogP contribution is -2.28. The topological polar surface area (TPSA) is 38.3 Å². The zero-order chi connectivity index (χ0) is 13.1. The summed E-state index contributed by atoms with van der Waals surface area (Å²) in [6, 6.07) is 4.37. The SMILES string of the molecule is Cc1cc(F)ccc1NCC(=O)OC(C)(C)C. The third kappa shape index (κ3) is 4.85. The minimum absolute atomic E-state index is 0.0732. The van der Waals surface area contributed by atoms with E-state index in [0.717, 1.165) is 11.3 Å². The quantitative estimate of drug-likeness (QED) is 0.824. The first-order valence-corrected chi connectivity index (χ1v) is 5.50. The Morgan fingerprint density at radius 2 is 2.06 bits per heavy atom.